The lowest BCUT2D eigenvalue weighted by atomic mass is 10.0. The topological polar surface area (TPSA) is 32.3 Å². The van der Waals surface area contributed by atoms with Crippen LogP contribution in [0.3, 0.4) is 0 Å². The van der Waals surface area contributed by atoms with Gasteiger partial charge in [-0.2, -0.15) is 0 Å². The Kier molecular flexibility index (Phi) is 3.04. The molecule has 0 aromatic carbocycles. The molecule has 88 valence electrons. The second-order valence-electron chi connectivity index (χ2n) is 5.70. The van der Waals surface area contributed by atoms with Crippen molar-refractivity contribution < 1.29 is 4.79 Å². The summed E-state index contributed by atoms with van der Waals surface area (Å²) in [6, 6.07) is 0.0380. The minimum absolute atomic E-state index is 0.0380. The van der Waals surface area contributed by atoms with Gasteiger partial charge in [0, 0.05) is 20.1 Å². The van der Waals surface area contributed by atoms with E-state index in [-0.39, 0.29) is 6.03 Å². The number of urea groups is 1. The average Bonchev–Trinajstić information content (AvgIpc) is 2.53. The summed E-state index contributed by atoms with van der Waals surface area (Å²) in [4.78, 5) is 13.2. The molecule has 0 bridgehead atoms. The van der Waals surface area contributed by atoms with E-state index in [9.17, 15) is 4.79 Å². The van der Waals surface area contributed by atoms with Crippen LogP contribution >= 0.6 is 0 Å². The van der Waals surface area contributed by atoms with E-state index in [0.29, 0.717) is 16.7 Å². The van der Waals surface area contributed by atoms with E-state index in [4.69, 9.17) is 0 Å². The minimum atomic E-state index is 0.0380. The highest BCUT2D eigenvalue weighted by Gasteiger charge is 2.64. The van der Waals surface area contributed by atoms with Gasteiger partial charge in [0.2, 0.25) is 0 Å². The molecule has 2 amide bonds. The fraction of sp³-hybridized carbons (Fsp3) is 0.917. The molecule has 0 spiro atoms. The first-order valence-electron chi connectivity index (χ1n) is 5.74. The van der Waals surface area contributed by atoms with Crippen LogP contribution in [-0.4, -0.2) is 31.1 Å². The Labute approximate surface area is 93.2 Å². The standard InChI is InChI=1S/C12H24N2O/c1-7-14(6)10(15)13-8-9-11(2,3)12(9,4)5/h9H,7-8H2,1-6H3,(H,13,15). The summed E-state index contributed by atoms with van der Waals surface area (Å²) in [5.41, 5.74) is 0.704. The van der Waals surface area contributed by atoms with E-state index in [0.717, 1.165) is 13.1 Å². The van der Waals surface area contributed by atoms with Crippen molar-refractivity contribution >= 4 is 6.03 Å². The van der Waals surface area contributed by atoms with Crippen molar-refractivity contribution in [2.45, 2.75) is 34.6 Å². The summed E-state index contributed by atoms with van der Waals surface area (Å²) in [5.74, 6) is 0.596. The van der Waals surface area contributed by atoms with Crippen LogP contribution < -0.4 is 5.32 Å². The van der Waals surface area contributed by atoms with Crippen molar-refractivity contribution in [3.8, 4) is 0 Å². The zero-order valence-corrected chi connectivity index (χ0v) is 10.8. The smallest absolute Gasteiger partial charge is 0.317 e. The zero-order chi connectivity index (χ0) is 11.9. The lowest BCUT2D eigenvalue weighted by Gasteiger charge is -2.15. The highest BCUT2D eigenvalue weighted by Crippen LogP contribution is 2.67. The molecule has 3 nitrogen and oxygen atoms in total. The molecule has 1 rings (SSSR count). The summed E-state index contributed by atoms with van der Waals surface area (Å²) in [6.45, 7) is 12.6. The van der Waals surface area contributed by atoms with Crippen molar-refractivity contribution in [2.24, 2.45) is 16.7 Å². The van der Waals surface area contributed by atoms with Gasteiger partial charge < -0.3 is 10.2 Å². The van der Waals surface area contributed by atoms with Gasteiger partial charge in [0.25, 0.3) is 0 Å². The van der Waals surface area contributed by atoms with E-state index in [2.05, 4.69) is 33.0 Å². The Morgan fingerprint density at radius 2 is 1.73 bits per heavy atom. The molecule has 0 aromatic rings. The second kappa shape index (κ2) is 3.69. The number of carbonyl (C=O) groups is 1. The Morgan fingerprint density at radius 3 is 2.07 bits per heavy atom. The predicted octanol–water partition coefficient (Wildman–Crippen LogP) is 2.33. The van der Waals surface area contributed by atoms with Crippen LogP contribution in [0.15, 0.2) is 0 Å². The molecule has 3 heteroatoms. The molecular formula is C12H24N2O. The fourth-order valence-electron chi connectivity index (χ4n) is 2.31. The molecule has 1 saturated carbocycles. The molecule has 0 aliphatic heterocycles. The summed E-state index contributed by atoms with van der Waals surface area (Å²) < 4.78 is 0. The maximum Gasteiger partial charge on any atom is 0.317 e. The minimum Gasteiger partial charge on any atom is -0.338 e. The molecular weight excluding hydrogens is 188 g/mol. The first kappa shape index (κ1) is 12.3. The van der Waals surface area contributed by atoms with Crippen LogP contribution in [-0.2, 0) is 0 Å². The van der Waals surface area contributed by atoms with Crippen LogP contribution in [0.4, 0.5) is 4.79 Å². The van der Waals surface area contributed by atoms with Crippen molar-refractivity contribution in [3.05, 3.63) is 0 Å². The number of nitrogens with zero attached hydrogens (tertiary/aromatic N) is 1. The lowest BCUT2D eigenvalue weighted by molar-refractivity contribution is 0.210. The Morgan fingerprint density at radius 1 is 1.27 bits per heavy atom. The van der Waals surface area contributed by atoms with Crippen LogP contribution in [0.2, 0.25) is 0 Å². The van der Waals surface area contributed by atoms with Crippen molar-refractivity contribution in [1.29, 1.82) is 0 Å². The van der Waals surface area contributed by atoms with Gasteiger partial charge in [-0.3, -0.25) is 0 Å². The fourth-order valence-corrected chi connectivity index (χ4v) is 2.31. The number of hydrogen-bond acceptors (Lipinski definition) is 1. The molecule has 0 heterocycles. The third-order valence-corrected chi connectivity index (χ3v) is 4.60. The molecule has 0 atom stereocenters. The van der Waals surface area contributed by atoms with Gasteiger partial charge >= 0.3 is 6.03 Å². The molecule has 0 radical (unpaired) electrons. The van der Waals surface area contributed by atoms with Crippen LogP contribution in [0.5, 0.6) is 0 Å². The third-order valence-electron chi connectivity index (χ3n) is 4.60. The third kappa shape index (κ3) is 1.97. The van der Waals surface area contributed by atoms with Gasteiger partial charge in [0.05, 0.1) is 0 Å². The molecule has 0 saturated heterocycles. The molecule has 1 aliphatic carbocycles. The van der Waals surface area contributed by atoms with E-state index < -0.39 is 0 Å². The van der Waals surface area contributed by atoms with Crippen LogP contribution in [0.25, 0.3) is 0 Å². The zero-order valence-electron chi connectivity index (χ0n) is 10.8. The van der Waals surface area contributed by atoms with Gasteiger partial charge in [-0.15, -0.1) is 0 Å². The Bertz CT molecular complexity index is 244. The van der Waals surface area contributed by atoms with E-state index in [1.54, 1.807) is 4.90 Å². The SMILES string of the molecule is CCN(C)C(=O)NCC1C(C)(C)C1(C)C. The molecule has 1 N–H and O–H groups in total. The number of rotatable bonds is 3. The van der Waals surface area contributed by atoms with Gasteiger partial charge in [0.1, 0.15) is 0 Å². The Hall–Kier alpha value is -0.730. The molecule has 1 aliphatic rings. The number of hydrogen-bond donors (Lipinski definition) is 1. The highest BCUT2D eigenvalue weighted by atomic mass is 16.2. The van der Waals surface area contributed by atoms with E-state index in [1.807, 2.05) is 14.0 Å². The molecule has 0 aromatic heterocycles. The van der Waals surface area contributed by atoms with Crippen LogP contribution in [0.1, 0.15) is 34.6 Å². The summed E-state index contributed by atoms with van der Waals surface area (Å²) >= 11 is 0. The van der Waals surface area contributed by atoms with Crippen molar-refractivity contribution in [1.82, 2.24) is 10.2 Å². The largest absolute Gasteiger partial charge is 0.338 e. The first-order chi connectivity index (χ1) is 6.75. The quantitative estimate of drug-likeness (QED) is 0.765. The van der Waals surface area contributed by atoms with Crippen molar-refractivity contribution in [3.63, 3.8) is 0 Å². The van der Waals surface area contributed by atoms with Crippen LogP contribution in [0, 0.1) is 16.7 Å². The average molecular weight is 212 g/mol. The summed E-state index contributed by atoms with van der Waals surface area (Å²) in [7, 11) is 1.82. The second-order valence-corrected chi connectivity index (χ2v) is 5.70. The van der Waals surface area contributed by atoms with E-state index in [1.165, 1.54) is 0 Å². The maximum absolute atomic E-state index is 11.5. The van der Waals surface area contributed by atoms with Crippen molar-refractivity contribution in [2.75, 3.05) is 20.1 Å². The summed E-state index contributed by atoms with van der Waals surface area (Å²) in [6.07, 6.45) is 0. The molecule has 1 fully saturated rings. The Balaban J connectivity index is 2.38. The molecule has 15 heavy (non-hydrogen) atoms. The highest BCUT2D eigenvalue weighted by molar-refractivity contribution is 5.73. The van der Waals surface area contributed by atoms with Gasteiger partial charge in [-0.1, -0.05) is 27.7 Å². The van der Waals surface area contributed by atoms with E-state index >= 15 is 0 Å². The van der Waals surface area contributed by atoms with Gasteiger partial charge in [-0.25, -0.2) is 4.79 Å². The normalized spacial score (nSPS) is 22.3. The number of nitrogens with one attached hydrogen (secondary N) is 1. The maximum atomic E-state index is 11.5. The first-order valence-corrected chi connectivity index (χ1v) is 5.74. The lowest BCUT2D eigenvalue weighted by Crippen LogP contribution is -2.38. The van der Waals surface area contributed by atoms with Gasteiger partial charge in [0.15, 0.2) is 0 Å². The number of carbonyl (C=O) groups excluding carboxylic acids is 1. The monoisotopic (exact) mass is 212 g/mol. The number of amides is 2. The van der Waals surface area contributed by atoms with Gasteiger partial charge in [-0.05, 0) is 23.7 Å². The predicted molar refractivity (Wildman–Crippen MR) is 62.8 cm³/mol. The summed E-state index contributed by atoms with van der Waals surface area (Å²) in [5, 5.41) is 2.99. The molecule has 0 unspecified atom stereocenters.